The lowest BCUT2D eigenvalue weighted by molar-refractivity contribution is 0.122. The summed E-state index contributed by atoms with van der Waals surface area (Å²) in [6.07, 6.45) is 6.57. The molecular formula is C24H22ClN3O3. The third kappa shape index (κ3) is 3.96. The van der Waals surface area contributed by atoms with Crippen molar-refractivity contribution >= 4 is 22.9 Å². The number of allylic oxidation sites excluding steroid dienone is 1. The predicted octanol–water partition coefficient (Wildman–Crippen LogP) is 3.48. The highest BCUT2D eigenvalue weighted by atomic mass is 35.5. The van der Waals surface area contributed by atoms with Crippen LogP contribution in [-0.2, 0) is 17.7 Å². The Morgan fingerprint density at radius 3 is 2.77 bits per heavy atom. The van der Waals surface area contributed by atoms with E-state index in [4.69, 9.17) is 16.3 Å². The number of hydrogen-bond acceptors (Lipinski definition) is 5. The first-order valence-electron chi connectivity index (χ1n) is 10.3. The molecule has 1 aliphatic carbocycles. The van der Waals surface area contributed by atoms with E-state index in [0.717, 1.165) is 60.8 Å². The van der Waals surface area contributed by atoms with Gasteiger partial charge in [0.1, 0.15) is 5.75 Å². The smallest absolute Gasteiger partial charge is 0.251 e. The van der Waals surface area contributed by atoms with Crippen LogP contribution in [0.2, 0.25) is 5.02 Å². The first kappa shape index (κ1) is 19.8. The van der Waals surface area contributed by atoms with Crippen LogP contribution in [0.15, 0.2) is 59.7 Å². The van der Waals surface area contributed by atoms with Crippen LogP contribution < -0.4 is 10.5 Å². The van der Waals surface area contributed by atoms with Gasteiger partial charge in [0.15, 0.2) is 0 Å². The van der Waals surface area contributed by atoms with E-state index >= 15 is 0 Å². The van der Waals surface area contributed by atoms with Gasteiger partial charge in [-0.05, 0) is 41.5 Å². The normalized spacial score (nSPS) is 15.6. The van der Waals surface area contributed by atoms with Gasteiger partial charge >= 0.3 is 0 Å². The summed E-state index contributed by atoms with van der Waals surface area (Å²) in [5.74, 6) is 0.120. The van der Waals surface area contributed by atoms with Gasteiger partial charge in [-0.2, -0.15) is 0 Å². The molecule has 1 saturated heterocycles. The summed E-state index contributed by atoms with van der Waals surface area (Å²) in [5, 5.41) is 10.6. The number of halogens is 1. The molecule has 0 atom stereocenters. The number of phenolic OH excluding ortho intramolecular Hbond substituents is 1. The second-order valence-corrected chi connectivity index (χ2v) is 8.20. The van der Waals surface area contributed by atoms with E-state index in [1.165, 1.54) is 6.07 Å². The second-order valence-electron chi connectivity index (χ2n) is 7.76. The monoisotopic (exact) mass is 435 g/mol. The highest BCUT2D eigenvalue weighted by molar-refractivity contribution is 6.30. The molecule has 0 spiro atoms. The first-order chi connectivity index (χ1) is 15.1. The molecule has 6 nitrogen and oxygen atoms in total. The van der Waals surface area contributed by atoms with Crippen molar-refractivity contribution < 1.29 is 9.84 Å². The quantitative estimate of drug-likeness (QED) is 0.679. The number of phenols is 1. The maximum atomic E-state index is 12.8. The first-order valence-corrected chi connectivity index (χ1v) is 10.7. The minimum absolute atomic E-state index is 0.120. The summed E-state index contributed by atoms with van der Waals surface area (Å²) >= 11 is 6.03. The van der Waals surface area contributed by atoms with Crippen molar-refractivity contribution in [3.8, 4) is 5.75 Å². The standard InChI is InChI=1S/C24H22ClN3O3/c25-18-1-4-23(29)17(11-18)15-28-6-5-16(12-24(28)30)20-2-3-22-21(20)13-19(14-26-22)27-7-9-31-10-8-27/h1-2,4-6,11-14,29H,3,7-10,15H2. The molecule has 0 radical (unpaired) electrons. The number of aromatic hydroxyl groups is 1. The minimum atomic E-state index is -0.136. The maximum absolute atomic E-state index is 12.8. The molecule has 0 unspecified atom stereocenters. The van der Waals surface area contributed by atoms with Crippen molar-refractivity contribution in [2.45, 2.75) is 13.0 Å². The Bertz CT molecular complexity index is 1230. The Kier molecular flexibility index (Phi) is 5.26. The van der Waals surface area contributed by atoms with Gasteiger partial charge < -0.3 is 19.3 Å². The third-order valence-corrected chi connectivity index (χ3v) is 6.05. The average molecular weight is 436 g/mol. The number of anilines is 1. The number of rotatable bonds is 4. The molecule has 1 aromatic carbocycles. The van der Waals surface area contributed by atoms with Gasteiger partial charge in [0, 0.05) is 47.9 Å². The molecule has 3 heterocycles. The summed E-state index contributed by atoms with van der Waals surface area (Å²) in [6, 6.07) is 10.6. The number of hydrogen-bond donors (Lipinski definition) is 1. The fourth-order valence-corrected chi connectivity index (χ4v) is 4.32. The van der Waals surface area contributed by atoms with E-state index in [1.54, 1.807) is 29.0 Å². The third-order valence-electron chi connectivity index (χ3n) is 5.81. The van der Waals surface area contributed by atoms with E-state index in [-0.39, 0.29) is 17.9 Å². The fourth-order valence-electron chi connectivity index (χ4n) is 4.12. The second kappa shape index (κ2) is 8.21. The Hall–Kier alpha value is -3.09. The zero-order valence-electron chi connectivity index (χ0n) is 16.9. The largest absolute Gasteiger partial charge is 0.508 e. The molecule has 1 aliphatic heterocycles. The van der Waals surface area contributed by atoms with Crippen LogP contribution in [0.1, 0.15) is 22.4 Å². The molecule has 1 N–H and O–H groups in total. The topological polar surface area (TPSA) is 67.6 Å². The summed E-state index contributed by atoms with van der Waals surface area (Å²) in [7, 11) is 0. The van der Waals surface area contributed by atoms with Crippen LogP contribution in [-0.4, -0.2) is 41.0 Å². The van der Waals surface area contributed by atoms with Crippen molar-refractivity contribution in [3.05, 3.63) is 92.6 Å². The number of ether oxygens (including phenoxy) is 1. The van der Waals surface area contributed by atoms with E-state index < -0.39 is 0 Å². The van der Waals surface area contributed by atoms with E-state index in [1.807, 2.05) is 12.3 Å². The van der Waals surface area contributed by atoms with Crippen molar-refractivity contribution in [1.29, 1.82) is 0 Å². The minimum Gasteiger partial charge on any atom is -0.508 e. The predicted molar refractivity (Wildman–Crippen MR) is 121 cm³/mol. The van der Waals surface area contributed by atoms with Crippen molar-refractivity contribution in [2.75, 3.05) is 31.2 Å². The number of benzene rings is 1. The summed E-state index contributed by atoms with van der Waals surface area (Å²) < 4.78 is 7.01. The van der Waals surface area contributed by atoms with Gasteiger partial charge in [-0.3, -0.25) is 9.78 Å². The molecule has 2 aromatic heterocycles. The Morgan fingerprint density at radius 1 is 1.13 bits per heavy atom. The van der Waals surface area contributed by atoms with Gasteiger partial charge in [0.2, 0.25) is 0 Å². The molecule has 3 aromatic rings. The van der Waals surface area contributed by atoms with Gasteiger partial charge in [0.25, 0.3) is 5.56 Å². The Labute approximate surface area is 185 Å². The highest BCUT2D eigenvalue weighted by Crippen LogP contribution is 2.33. The lowest BCUT2D eigenvalue weighted by atomic mass is 10.0. The van der Waals surface area contributed by atoms with Gasteiger partial charge in [-0.1, -0.05) is 17.7 Å². The molecule has 2 aliphatic rings. The van der Waals surface area contributed by atoms with Gasteiger partial charge in [-0.25, -0.2) is 0 Å². The zero-order chi connectivity index (χ0) is 21.4. The lowest BCUT2D eigenvalue weighted by Gasteiger charge is -2.29. The van der Waals surface area contributed by atoms with Crippen LogP contribution in [0, 0.1) is 0 Å². The molecule has 0 amide bonds. The van der Waals surface area contributed by atoms with Crippen LogP contribution in [0.3, 0.4) is 0 Å². The van der Waals surface area contributed by atoms with Crippen LogP contribution in [0.5, 0.6) is 5.75 Å². The fraction of sp³-hybridized carbons (Fsp3) is 0.250. The number of nitrogens with zero attached hydrogens (tertiary/aromatic N) is 3. The Balaban J connectivity index is 1.43. The number of pyridine rings is 2. The molecular weight excluding hydrogens is 414 g/mol. The van der Waals surface area contributed by atoms with E-state index in [2.05, 4.69) is 22.0 Å². The van der Waals surface area contributed by atoms with Crippen molar-refractivity contribution in [1.82, 2.24) is 9.55 Å². The lowest BCUT2D eigenvalue weighted by Crippen LogP contribution is -2.36. The van der Waals surface area contributed by atoms with E-state index in [9.17, 15) is 9.90 Å². The van der Waals surface area contributed by atoms with Crippen LogP contribution >= 0.6 is 11.6 Å². The van der Waals surface area contributed by atoms with Gasteiger partial charge in [0.05, 0.1) is 37.3 Å². The maximum Gasteiger partial charge on any atom is 0.251 e. The van der Waals surface area contributed by atoms with Gasteiger partial charge in [-0.15, -0.1) is 0 Å². The summed E-state index contributed by atoms with van der Waals surface area (Å²) in [4.78, 5) is 19.8. The van der Waals surface area contributed by atoms with Crippen molar-refractivity contribution in [2.24, 2.45) is 0 Å². The summed E-state index contributed by atoms with van der Waals surface area (Å²) in [6.45, 7) is 3.40. The molecule has 1 fully saturated rings. The SMILES string of the molecule is O=c1cc(C2=CCc3ncc(N4CCOCC4)cc32)ccn1Cc1cc(Cl)ccc1O. The number of fused-ring (bicyclic) bond motifs is 1. The van der Waals surface area contributed by atoms with Crippen molar-refractivity contribution in [3.63, 3.8) is 0 Å². The average Bonchev–Trinajstić information content (AvgIpc) is 3.21. The van der Waals surface area contributed by atoms with Crippen LogP contribution in [0.25, 0.3) is 5.57 Å². The number of aromatic nitrogens is 2. The molecule has 7 heteroatoms. The molecule has 0 saturated carbocycles. The Morgan fingerprint density at radius 2 is 1.97 bits per heavy atom. The molecule has 31 heavy (non-hydrogen) atoms. The molecule has 0 bridgehead atoms. The highest BCUT2D eigenvalue weighted by Gasteiger charge is 2.20. The molecule has 158 valence electrons. The van der Waals surface area contributed by atoms with E-state index in [0.29, 0.717) is 10.6 Å². The van der Waals surface area contributed by atoms with Crippen LogP contribution in [0.4, 0.5) is 5.69 Å². The zero-order valence-corrected chi connectivity index (χ0v) is 17.7. The molecule has 5 rings (SSSR count). The number of morpholine rings is 1. The summed E-state index contributed by atoms with van der Waals surface area (Å²) in [5.41, 5.74) is 5.56.